The molecule has 0 fully saturated rings. The van der Waals surface area contributed by atoms with E-state index in [1.54, 1.807) is 12.1 Å². The van der Waals surface area contributed by atoms with Gasteiger partial charge in [-0.25, -0.2) is 4.39 Å². The summed E-state index contributed by atoms with van der Waals surface area (Å²) < 4.78 is 13.1. The Morgan fingerprint density at radius 3 is 2.80 bits per heavy atom. The first-order valence-electron chi connectivity index (χ1n) is 6.18. The molecule has 106 valence electrons. The summed E-state index contributed by atoms with van der Waals surface area (Å²) in [5, 5.41) is 14.5. The fraction of sp³-hybridized carbons (Fsp3) is 0.385. The van der Waals surface area contributed by atoms with E-state index in [1.165, 1.54) is 16.9 Å². The summed E-state index contributed by atoms with van der Waals surface area (Å²) in [4.78, 5) is 12.9. The van der Waals surface area contributed by atoms with Gasteiger partial charge in [-0.1, -0.05) is 12.1 Å². The van der Waals surface area contributed by atoms with Crippen LogP contribution in [0.4, 0.5) is 4.39 Å². The largest absolute Gasteiger partial charge is 0.350 e. The number of hydrogen-bond donors (Lipinski definition) is 1. The molecule has 0 aliphatic rings. The second-order valence-electron chi connectivity index (χ2n) is 5.45. The van der Waals surface area contributed by atoms with E-state index in [0.717, 1.165) is 0 Å². The molecule has 6 nitrogen and oxygen atoms in total. The molecule has 1 amide bonds. The summed E-state index contributed by atoms with van der Waals surface area (Å²) >= 11 is 0. The van der Waals surface area contributed by atoms with Crippen molar-refractivity contribution >= 4 is 5.91 Å². The number of aromatic nitrogens is 4. The van der Waals surface area contributed by atoms with Crippen LogP contribution in [0.1, 0.15) is 20.8 Å². The summed E-state index contributed by atoms with van der Waals surface area (Å²) in [7, 11) is 0. The zero-order valence-corrected chi connectivity index (χ0v) is 11.6. The van der Waals surface area contributed by atoms with Gasteiger partial charge in [0.1, 0.15) is 12.4 Å². The summed E-state index contributed by atoms with van der Waals surface area (Å²) in [6.07, 6.45) is 0. The van der Waals surface area contributed by atoms with Crippen LogP contribution in [0.3, 0.4) is 0 Å². The van der Waals surface area contributed by atoms with Gasteiger partial charge in [0.05, 0.1) is 0 Å². The van der Waals surface area contributed by atoms with Crippen molar-refractivity contribution in [2.45, 2.75) is 32.9 Å². The third kappa shape index (κ3) is 3.84. The molecule has 7 heteroatoms. The van der Waals surface area contributed by atoms with Crippen LogP contribution in [0.5, 0.6) is 0 Å². The van der Waals surface area contributed by atoms with Crippen molar-refractivity contribution in [2.24, 2.45) is 0 Å². The highest BCUT2D eigenvalue weighted by Gasteiger charge is 2.15. The number of tetrazole rings is 1. The molecule has 1 aromatic carbocycles. The van der Waals surface area contributed by atoms with Crippen molar-refractivity contribution in [3.8, 4) is 11.4 Å². The number of nitrogens with one attached hydrogen (secondary N) is 1. The first kappa shape index (κ1) is 14.1. The van der Waals surface area contributed by atoms with E-state index < -0.39 is 0 Å². The Balaban J connectivity index is 2.08. The zero-order valence-electron chi connectivity index (χ0n) is 11.6. The van der Waals surface area contributed by atoms with Crippen LogP contribution < -0.4 is 5.32 Å². The predicted molar refractivity (Wildman–Crippen MR) is 71.1 cm³/mol. The topological polar surface area (TPSA) is 72.7 Å². The Bertz CT molecular complexity index is 617. The van der Waals surface area contributed by atoms with Crippen molar-refractivity contribution < 1.29 is 9.18 Å². The molecule has 0 unspecified atom stereocenters. The van der Waals surface area contributed by atoms with Gasteiger partial charge in [0, 0.05) is 11.1 Å². The maximum absolute atomic E-state index is 13.1. The van der Waals surface area contributed by atoms with Crippen LogP contribution in [0.2, 0.25) is 0 Å². The summed E-state index contributed by atoms with van der Waals surface area (Å²) in [6, 6.07) is 5.90. The van der Waals surface area contributed by atoms with E-state index in [-0.39, 0.29) is 29.6 Å². The van der Waals surface area contributed by atoms with Gasteiger partial charge in [0.2, 0.25) is 11.7 Å². The fourth-order valence-corrected chi connectivity index (χ4v) is 1.64. The van der Waals surface area contributed by atoms with E-state index in [9.17, 15) is 9.18 Å². The minimum Gasteiger partial charge on any atom is -0.350 e. The Kier molecular flexibility index (Phi) is 3.78. The lowest BCUT2D eigenvalue weighted by Gasteiger charge is -2.19. The van der Waals surface area contributed by atoms with Crippen LogP contribution >= 0.6 is 0 Å². The van der Waals surface area contributed by atoms with Crippen molar-refractivity contribution in [1.29, 1.82) is 0 Å². The Morgan fingerprint density at radius 2 is 2.15 bits per heavy atom. The highest BCUT2D eigenvalue weighted by Crippen LogP contribution is 2.14. The minimum atomic E-state index is -0.371. The van der Waals surface area contributed by atoms with Crippen LogP contribution in [0, 0.1) is 5.82 Å². The lowest BCUT2D eigenvalue weighted by molar-refractivity contribution is -0.123. The highest BCUT2D eigenvalue weighted by molar-refractivity contribution is 5.76. The van der Waals surface area contributed by atoms with Crippen molar-refractivity contribution in [2.75, 3.05) is 0 Å². The molecule has 0 bridgehead atoms. The quantitative estimate of drug-likeness (QED) is 0.920. The normalized spacial score (nSPS) is 11.4. The molecular weight excluding hydrogens is 261 g/mol. The van der Waals surface area contributed by atoms with E-state index in [0.29, 0.717) is 5.56 Å². The van der Waals surface area contributed by atoms with Gasteiger partial charge in [-0.15, -0.1) is 10.2 Å². The smallest absolute Gasteiger partial charge is 0.244 e. The lowest BCUT2D eigenvalue weighted by Crippen LogP contribution is -2.42. The summed E-state index contributed by atoms with van der Waals surface area (Å²) in [5.74, 6) is -0.293. The van der Waals surface area contributed by atoms with Gasteiger partial charge in [-0.2, -0.15) is 4.80 Å². The maximum atomic E-state index is 13.1. The molecule has 0 atom stereocenters. The number of rotatable bonds is 3. The van der Waals surface area contributed by atoms with Crippen molar-refractivity contribution in [3.05, 3.63) is 30.1 Å². The standard InChI is InChI=1S/C13H16FN5O/c1-13(2,3)15-11(20)8-19-17-12(16-18-19)9-5-4-6-10(14)7-9/h4-7H,8H2,1-3H3,(H,15,20). The predicted octanol–water partition coefficient (Wildman–Crippen LogP) is 1.39. The highest BCUT2D eigenvalue weighted by atomic mass is 19.1. The Morgan fingerprint density at radius 1 is 1.40 bits per heavy atom. The molecule has 0 radical (unpaired) electrons. The molecular formula is C13H16FN5O. The number of amides is 1. The van der Waals surface area contributed by atoms with Gasteiger partial charge in [0.25, 0.3) is 0 Å². The maximum Gasteiger partial charge on any atom is 0.244 e. The zero-order chi connectivity index (χ0) is 14.8. The first-order chi connectivity index (χ1) is 9.33. The number of hydrogen-bond acceptors (Lipinski definition) is 4. The Labute approximate surface area is 116 Å². The van der Waals surface area contributed by atoms with Gasteiger partial charge in [-0.3, -0.25) is 4.79 Å². The van der Waals surface area contributed by atoms with Crippen molar-refractivity contribution in [1.82, 2.24) is 25.5 Å². The van der Waals surface area contributed by atoms with Gasteiger partial charge in [-0.05, 0) is 38.1 Å². The molecule has 0 spiro atoms. The van der Waals surface area contributed by atoms with Crippen LogP contribution in [-0.4, -0.2) is 31.7 Å². The first-order valence-corrected chi connectivity index (χ1v) is 6.18. The van der Waals surface area contributed by atoms with Gasteiger partial charge >= 0.3 is 0 Å². The fourth-order valence-electron chi connectivity index (χ4n) is 1.64. The molecule has 2 aromatic rings. The van der Waals surface area contributed by atoms with E-state index in [1.807, 2.05) is 20.8 Å². The van der Waals surface area contributed by atoms with Crippen molar-refractivity contribution in [3.63, 3.8) is 0 Å². The third-order valence-corrected chi connectivity index (χ3v) is 2.34. The van der Waals surface area contributed by atoms with Crippen LogP contribution in [0.25, 0.3) is 11.4 Å². The number of carbonyl (C=O) groups is 1. The van der Waals surface area contributed by atoms with E-state index >= 15 is 0 Å². The molecule has 1 heterocycles. The van der Waals surface area contributed by atoms with E-state index in [2.05, 4.69) is 20.7 Å². The molecule has 0 aliphatic carbocycles. The molecule has 20 heavy (non-hydrogen) atoms. The molecule has 0 saturated heterocycles. The minimum absolute atomic E-state index is 0.0282. The van der Waals surface area contributed by atoms with E-state index in [4.69, 9.17) is 0 Å². The molecule has 1 aromatic heterocycles. The van der Waals surface area contributed by atoms with Gasteiger partial charge in [0.15, 0.2) is 0 Å². The molecule has 2 rings (SSSR count). The van der Waals surface area contributed by atoms with Gasteiger partial charge < -0.3 is 5.32 Å². The second-order valence-corrected chi connectivity index (χ2v) is 5.45. The molecule has 1 N–H and O–H groups in total. The Hall–Kier alpha value is -2.31. The number of nitrogens with zero attached hydrogens (tertiary/aromatic N) is 4. The number of halogens is 1. The average Bonchev–Trinajstić information content (AvgIpc) is 2.74. The third-order valence-electron chi connectivity index (χ3n) is 2.34. The summed E-state index contributed by atoms with van der Waals surface area (Å²) in [5.41, 5.74) is 0.204. The number of carbonyl (C=O) groups excluding carboxylic acids is 1. The van der Waals surface area contributed by atoms with Crippen LogP contribution in [0.15, 0.2) is 24.3 Å². The summed E-state index contributed by atoms with van der Waals surface area (Å²) in [6.45, 7) is 5.63. The SMILES string of the molecule is CC(C)(C)NC(=O)Cn1nnc(-c2cccc(F)c2)n1. The second kappa shape index (κ2) is 5.36. The molecule has 0 aliphatic heterocycles. The lowest BCUT2D eigenvalue weighted by atomic mass is 10.1. The average molecular weight is 277 g/mol. The number of benzene rings is 1. The molecule has 0 saturated carbocycles. The van der Waals surface area contributed by atoms with Crippen LogP contribution in [-0.2, 0) is 11.3 Å². The monoisotopic (exact) mass is 277 g/mol.